The topological polar surface area (TPSA) is 44.5 Å². The van der Waals surface area contributed by atoms with Gasteiger partial charge in [0.15, 0.2) is 0 Å². The molecule has 0 atom stereocenters. The van der Waals surface area contributed by atoms with Crippen LogP contribution in [-0.2, 0) is 7.53 Å². The second-order valence-electron chi connectivity index (χ2n) is 2.89. The Balaban J connectivity index is 3.80. The molecule has 0 aliphatic heterocycles. The van der Waals surface area contributed by atoms with Crippen molar-refractivity contribution in [2.75, 3.05) is 19.8 Å². The zero-order valence-corrected chi connectivity index (χ0v) is 10.5. The summed E-state index contributed by atoms with van der Waals surface area (Å²) in [6, 6.07) is 0. The Hall–Kier alpha value is 0.423. The summed E-state index contributed by atoms with van der Waals surface area (Å²) in [4.78, 5) is 0. The molecule has 0 saturated heterocycles. The van der Waals surface area contributed by atoms with Crippen molar-refractivity contribution >= 4 is 13.9 Å². The summed E-state index contributed by atoms with van der Waals surface area (Å²) in [5.41, 5.74) is 5.45. The molecule has 2 N–H and O–H groups in total. The third kappa shape index (κ3) is 5.14. The van der Waals surface area contributed by atoms with E-state index < -0.39 is 13.9 Å². The molecule has 0 aliphatic carbocycles. The van der Waals surface area contributed by atoms with Gasteiger partial charge in [-0.25, -0.2) is 0 Å². The van der Waals surface area contributed by atoms with Gasteiger partial charge in [0, 0.05) is 0 Å². The predicted octanol–water partition coefficient (Wildman–Crippen LogP) is 1.48. The molecule has 0 amide bonds. The Morgan fingerprint density at radius 3 is 2.00 bits per heavy atom. The third-order valence-corrected chi connectivity index (χ3v) is 8.16. The van der Waals surface area contributed by atoms with Gasteiger partial charge < -0.3 is 0 Å². The molecule has 0 heterocycles. The Bertz CT molecular complexity index is 105. The van der Waals surface area contributed by atoms with Crippen LogP contribution in [0.3, 0.4) is 0 Å². The molecule has 0 aliphatic rings. The minimum absolute atomic E-state index is 0.737. The van der Waals surface area contributed by atoms with Gasteiger partial charge in [-0.2, -0.15) is 0 Å². The molecule has 0 spiro atoms. The molecule has 0 aromatic heterocycles. The molecule has 0 rings (SSSR count). The molecule has 0 radical (unpaired) electrons. The van der Waals surface area contributed by atoms with Crippen LogP contribution in [0.5, 0.6) is 0 Å². The van der Waals surface area contributed by atoms with Crippen LogP contribution in [0.4, 0.5) is 0 Å². The first kappa shape index (κ1) is 12.4. The van der Waals surface area contributed by atoms with E-state index >= 15 is 0 Å². The van der Waals surface area contributed by atoms with Crippen molar-refractivity contribution in [2.24, 2.45) is 5.73 Å². The molecule has 4 heteroatoms. The van der Waals surface area contributed by atoms with Crippen molar-refractivity contribution in [1.29, 1.82) is 0 Å². The molecule has 0 bridgehead atoms. The first-order valence-electron chi connectivity index (χ1n) is 4.66. The van der Waals surface area contributed by atoms with E-state index in [0.717, 1.165) is 31.4 Å². The molecular formula is C8H21GeNO2. The summed E-state index contributed by atoms with van der Waals surface area (Å²) in [5.74, 6) is 2.16. The minimum atomic E-state index is -2.35. The summed E-state index contributed by atoms with van der Waals surface area (Å²) in [5, 5.41) is 1.05. The molecule has 3 nitrogen and oxygen atoms in total. The Morgan fingerprint density at radius 1 is 1.17 bits per heavy atom. The van der Waals surface area contributed by atoms with Gasteiger partial charge in [0.1, 0.15) is 0 Å². The van der Waals surface area contributed by atoms with Gasteiger partial charge in [-0.15, -0.1) is 0 Å². The predicted molar refractivity (Wildman–Crippen MR) is 53.3 cm³/mol. The van der Waals surface area contributed by atoms with E-state index in [1.54, 1.807) is 0 Å². The fourth-order valence-corrected chi connectivity index (χ4v) is 6.34. The van der Waals surface area contributed by atoms with Gasteiger partial charge in [0.25, 0.3) is 0 Å². The zero-order valence-electron chi connectivity index (χ0n) is 8.43. The first-order chi connectivity index (χ1) is 5.68. The summed E-state index contributed by atoms with van der Waals surface area (Å²) >= 11 is -2.35. The molecule has 0 fully saturated rings. The van der Waals surface area contributed by atoms with E-state index in [4.69, 9.17) is 13.3 Å². The Kier molecular flexibility index (Phi) is 7.13. The van der Waals surface area contributed by atoms with Crippen molar-refractivity contribution < 1.29 is 7.53 Å². The van der Waals surface area contributed by atoms with Crippen LogP contribution >= 0.6 is 0 Å². The average molecular weight is 236 g/mol. The zero-order chi connectivity index (χ0) is 9.45. The summed E-state index contributed by atoms with van der Waals surface area (Å²) in [6.45, 7) is 6.30. The van der Waals surface area contributed by atoms with Gasteiger partial charge in [-0.3, -0.25) is 0 Å². The van der Waals surface area contributed by atoms with Crippen molar-refractivity contribution in [1.82, 2.24) is 0 Å². The Morgan fingerprint density at radius 2 is 1.67 bits per heavy atom. The molecule has 0 saturated carbocycles. The number of rotatable bonds is 7. The standard InChI is InChI=1S/C8H21GeNO2/c1-4-11-9(3,12-5-2)7-6-8-10/h4-8,10H2,1-3H3. The van der Waals surface area contributed by atoms with Crippen molar-refractivity contribution in [3.8, 4) is 0 Å². The normalized spacial score (nSPS) is 12.0. The van der Waals surface area contributed by atoms with Gasteiger partial charge >= 0.3 is 78.2 Å². The van der Waals surface area contributed by atoms with E-state index in [-0.39, 0.29) is 0 Å². The van der Waals surface area contributed by atoms with Crippen molar-refractivity contribution in [2.45, 2.75) is 31.3 Å². The van der Waals surface area contributed by atoms with E-state index in [1.165, 1.54) is 0 Å². The second kappa shape index (κ2) is 6.89. The number of hydrogen-bond donors (Lipinski definition) is 1. The van der Waals surface area contributed by atoms with Crippen LogP contribution in [0.2, 0.25) is 11.0 Å². The van der Waals surface area contributed by atoms with E-state index in [2.05, 4.69) is 5.76 Å². The molecule has 0 unspecified atom stereocenters. The van der Waals surface area contributed by atoms with Crippen LogP contribution < -0.4 is 5.73 Å². The fraction of sp³-hybridized carbons (Fsp3) is 1.00. The van der Waals surface area contributed by atoms with Gasteiger partial charge in [-0.05, 0) is 0 Å². The quantitative estimate of drug-likeness (QED) is 0.680. The van der Waals surface area contributed by atoms with Crippen LogP contribution in [0.1, 0.15) is 20.3 Å². The van der Waals surface area contributed by atoms with E-state index in [9.17, 15) is 0 Å². The Labute approximate surface area is 78.7 Å². The van der Waals surface area contributed by atoms with Gasteiger partial charge in [0.05, 0.1) is 0 Å². The maximum atomic E-state index is 5.68. The fourth-order valence-electron chi connectivity index (χ4n) is 1.22. The summed E-state index contributed by atoms with van der Waals surface area (Å²) in [7, 11) is 0. The van der Waals surface area contributed by atoms with Crippen molar-refractivity contribution in [3.63, 3.8) is 0 Å². The maximum absolute atomic E-state index is 5.68. The third-order valence-electron chi connectivity index (χ3n) is 1.73. The van der Waals surface area contributed by atoms with Crippen LogP contribution in [0.25, 0.3) is 0 Å². The molecular weight excluding hydrogens is 215 g/mol. The monoisotopic (exact) mass is 237 g/mol. The van der Waals surface area contributed by atoms with E-state index in [1.807, 2.05) is 13.8 Å². The number of nitrogens with two attached hydrogens (primary N) is 1. The van der Waals surface area contributed by atoms with Gasteiger partial charge in [-0.1, -0.05) is 0 Å². The second-order valence-corrected chi connectivity index (χ2v) is 9.91. The van der Waals surface area contributed by atoms with Gasteiger partial charge in [0.2, 0.25) is 0 Å². The number of hydrogen-bond acceptors (Lipinski definition) is 3. The molecule has 12 heavy (non-hydrogen) atoms. The van der Waals surface area contributed by atoms with E-state index in [0.29, 0.717) is 0 Å². The summed E-state index contributed by atoms with van der Waals surface area (Å²) < 4.78 is 11.4. The average Bonchev–Trinajstić information content (AvgIpc) is 2.02. The van der Waals surface area contributed by atoms with Crippen LogP contribution in [0.15, 0.2) is 0 Å². The molecule has 0 aromatic rings. The van der Waals surface area contributed by atoms with Crippen LogP contribution in [-0.4, -0.2) is 33.7 Å². The molecule has 0 aromatic carbocycles. The summed E-state index contributed by atoms with van der Waals surface area (Å²) in [6.07, 6.45) is 1.02. The molecule has 74 valence electrons. The first-order valence-corrected chi connectivity index (χ1v) is 9.96. The SMILES string of the molecule is CC[O][Ge]([CH3])([CH2]CCN)[O]CC. The van der Waals surface area contributed by atoms with Crippen molar-refractivity contribution in [3.05, 3.63) is 0 Å². The van der Waals surface area contributed by atoms with Crippen LogP contribution in [0, 0.1) is 0 Å².